The molecule has 0 N–H and O–H groups in total. The summed E-state index contributed by atoms with van der Waals surface area (Å²) in [5.74, 6) is -1.28. The zero-order valence-corrected chi connectivity index (χ0v) is 24.6. The topological polar surface area (TPSA) is 103 Å². The molecule has 2 aliphatic heterocycles. The van der Waals surface area contributed by atoms with Crippen LogP contribution < -0.4 is 9.64 Å². The van der Waals surface area contributed by atoms with Crippen molar-refractivity contribution in [3.8, 4) is 12.1 Å². The minimum Gasteiger partial charge on any atom is -0.462 e. The highest BCUT2D eigenvalue weighted by atomic mass is 19.1. The van der Waals surface area contributed by atoms with Crippen molar-refractivity contribution in [2.75, 3.05) is 44.7 Å². The highest BCUT2D eigenvalue weighted by molar-refractivity contribution is 6.04. The van der Waals surface area contributed by atoms with Gasteiger partial charge in [-0.3, -0.25) is 9.59 Å². The standard InChI is InChI=1S/C33H37FN6O3/c1-21-17-33(18-23-7-4-5-9-26(21)23)12-10-27-28(29(33)41)36-32(43-20-25-8-6-14-38(25)3)37-30(27)39-15-16-40(31(42)22(2)34)24(19-39)11-13-35/h4-5,7,9,24-25H,1-2,6,8,10-12,14-20H2,3H3. The fourth-order valence-electron chi connectivity index (χ4n) is 7.32. The number of piperazine rings is 1. The molecule has 0 bridgehead atoms. The number of ether oxygens (including phenoxy) is 1. The van der Waals surface area contributed by atoms with Gasteiger partial charge in [-0.25, -0.2) is 4.39 Å². The summed E-state index contributed by atoms with van der Waals surface area (Å²) in [6.45, 7) is 9.74. The number of nitriles is 1. The van der Waals surface area contributed by atoms with E-state index in [0.717, 1.165) is 41.6 Å². The molecule has 0 radical (unpaired) electrons. The third-order valence-electron chi connectivity index (χ3n) is 9.67. The molecule has 4 aliphatic rings. The van der Waals surface area contributed by atoms with Gasteiger partial charge in [-0.2, -0.15) is 15.2 Å². The first kappa shape index (κ1) is 29.0. The molecule has 2 fully saturated rings. The average molecular weight is 585 g/mol. The number of carbonyl (C=O) groups is 2. The number of fused-ring (bicyclic) bond motifs is 2. The van der Waals surface area contributed by atoms with E-state index in [2.05, 4.69) is 43.3 Å². The van der Waals surface area contributed by atoms with E-state index in [1.807, 2.05) is 17.0 Å². The Bertz CT molecular complexity index is 1530. The van der Waals surface area contributed by atoms with Crippen LogP contribution in [-0.2, 0) is 17.6 Å². The molecule has 224 valence electrons. The number of hydrogen-bond donors (Lipinski definition) is 0. The van der Waals surface area contributed by atoms with E-state index in [-0.39, 0.29) is 37.3 Å². The fourth-order valence-corrected chi connectivity index (χ4v) is 7.32. The van der Waals surface area contributed by atoms with Gasteiger partial charge in [-0.1, -0.05) is 37.4 Å². The summed E-state index contributed by atoms with van der Waals surface area (Å²) in [5.41, 5.74) is 3.71. The second kappa shape index (κ2) is 11.5. The van der Waals surface area contributed by atoms with Gasteiger partial charge >= 0.3 is 6.01 Å². The van der Waals surface area contributed by atoms with Crippen molar-refractivity contribution < 1.29 is 18.7 Å². The Hall–Kier alpha value is -4.10. The van der Waals surface area contributed by atoms with Crippen LogP contribution in [0.25, 0.3) is 5.57 Å². The van der Waals surface area contributed by atoms with Crippen molar-refractivity contribution in [2.24, 2.45) is 5.41 Å². The summed E-state index contributed by atoms with van der Waals surface area (Å²) in [7, 11) is 2.07. The van der Waals surface area contributed by atoms with E-state index >= 15 is 0 Å². The van der Waals surface area contributed by atoms with Gasteiger partial charge in [0.05, 0.1) is 18.5 Å². The molecule has 3 heterocycles. The number of amides is 1. The van der Waals surface area contributed by atoms with Crippen molar-refractivity contribution in [2.45, 2.75) is 57.0 Å². The van der Waals surface area contributed by atoms with E-state index in [9.17, 15) is 19.2 Å². The van der Waals surface area contributed by atoms with E-state index in [0.29, 0.717) is 50.3 Å². The smallest absolute Gasteiger partial charge is 0.319 e. The summed E-state index contributed by atoms with van der Waals surface area (Å²) in [6.07, 6.45) is 4.58. The summed E-state index contributed by atoms with van der Waals surface area (Å²) in [5, 5.41) is 9.49. The van der Waals surface area contributed by atoms with Crippen LogP contribution in [-0.4, -0.2) is 83.4 Å². The first-order valence-corrected chi connectivity index (χ1v) is 15.0. The molecule has 2 aromatic rings. The minimum atomic E-state index is -1.05. The van der Waals surface area contributed by atoms with Crippen LogP contribution in [0.2, 0.25) is 0 Å². The molecule has 3 unspecified atom stereocenters. The van der Waals surface area contributed by atoms with Gasteiger partial charge in [0, 0.05) is 36.7 Å². The van der Waals surface area contributed by atoms with E-state index in [4.69, 9.17) is 14.7 Å². The molecule has 3 atom stereocenters. The minimum absolute atomic E-state index is 0.0213. The number of rotatable bonds is 6. The summed E-state index contributed by atoms with van der Waals surface area (Å²) in [4.78, 5) is 42.2. The van der Waals surface area contributed by atoms with Crippen molar-refractivity contribution >= 4 is 23.1 Å². The quantitative estimate of drug-likeness (QED) is 0.467. The zero-order valence-electron chi connectivity index (χ0n) is 24.6. The average Bonchev–Trinajstić information content (AvgIpc) is 3.42. The first-order valence-electron chi connectivity index (χ1n) is 15.0. The lowest BCUT2D eigenvalue weighted by atomic mass is 9.61. The maximum absolute atomic E-state index is 14.5. The zero-order chi connectivity index (χ0) is 30.3. The lowest BCUT2D eigenvalue weighted by Gasteiger charge is -2.43. The van der Waals surface area contributed by atoms with E-state index in [1.165, 1.54) is 4.90 Å². The van der Waals surface area contributed by atoms with Gasteiger partial charge in [0.15, 0.2) is 11.6 Å². The van der Waals surface area contributed by atoms with Crippen molar-refractivity contribution in [3.05, 3.63) is 65.6 Å². The number of Topliss-reactive ketones (excluding diaryl/α,β-unsaturated/α-hetero) is 1. The SMILES string of the molecule is C=C(F)C(=O)N1CCN(c2nc(OCC3CCCN3C)nc3c2CCC2(CC(=C)c4ccccc4C2)C3=O)CC1CC#N. The largest absolute Gasteiger partial charge is 0.462 e. The van der Waals surface area contributed by atoms with Gasteiger partial charge in [-0.05, 0) is 68.8 Å². The molecular formula is C33H37FN6O3. The van der Waals surface area contributed by atoms with Gasteiger partial charge in [0.1, 0.15) is 18.1 Å². The number of ketones is 1. The van der Waals surface area contributed by atoms with Crippen LogP contribution in [0, 0.1) is 16.7 Å². The predicted molar refractivity (Wildman–Crippen MR) is 160 cm³/mol. The van der Waals surface area contributed by atoms with Crippen molar-refractivity contribution in [3.63, 3.8) is 0 Å². The third-order valence-corrected chi connectivity index (χ3v) is 9.67. The highest BCUT2D eigenvalue weighted by Gasteiger charge is 2.48. The molecule has 10 heteroatoms. The number of aromatic nitrogens is 2. The molecule has 1 aromatic carbocycles. The number of benzene rings is 1. The Kier molecular flexibility index (Phi) is 7.77. The Morgan fingerprint density at radius 3 is 2.77 bits per heavy atom. The normalized spacial score (nSPS) is 25.3. The van der Waals surface area contributed by atoms with Crippen LogP contribution in [0.15, 0.2) is 43.3 Å². The second-order valence-corrected chi connectivity index (χ2v) is 12.3. The molecule has 1 amide bonds. The summed E-state index contributed by atoms with van der Waals surface area (Å²) >= 11 is 0. The van der Waals surface area contributed by atoms with Gasteiger partial charge in [-0.15, -0.1) is 0 Å². The summed E-state index contributed by atoms with van der Waals surface area (Å²) in [6, 6.07) is 10.1. The molecule has 2 saturated heterocycles. The number of likely N-dealkylation sites (N-methyl/N-ethyl adjacent to an activating group) is 1. The number of carbonyl (C=O) groups excluding carboxylic acids is 2. The van der Waals surface area contributed by atoms with Crippen LogP contribution in [0.5, 0.6) is 6.01 Å². The van der Waals surface area contributed by atoms with Crippen LogP contribution in [0.1, 0.15) is 59.3 Å². The molecule has 0 saturated carbocycles. The molecule has 9 nitrogen and oxygen atoms in total. The number of likely N-dealkylation sites (tertiary alicyclic amines) is 1. The molecule has 43 heavy (non-hydrogen) atoms. The van der Waals surface area contributed by atoms with E-state index < -0.39 is 23.2 Å². The fraction of sp³-hybridized carbons (Fsp3) is 0.485. The van der Waals surface area contributed by atoms with Crippen molar-refractivity contribution in [1.29, 1.82) is 5.26 Å². The Labute approximate surface area is 251 Å². The third kappa shape index (κ3) is 5.31. The Morgan fingerprint density at radius 1 is 1.21 bits per heavy atom. The van der Waals surface area contributed by atoms with Gasteiger partial charge in [0.25, 0.3) is 5.91 Å². The van der Waals surface area contributed by atoms with E-state index in [1.54, 1.807) is 0 Å². The molecule has 2 aliphatic carbocycles. The number of anilines is 1. The Morgan fingerprint density at radius 2 is 2.02 bits per heavy atom. The number of nitrogens with zero attached hydrogens (tertiary/aromatic N) is 6. The Balaban J connectivity index is 1.36. The van der Waals surface area contributed by atoms with Gasteiger partial charge in [0.2, 0.25) is 0 Å². The molecule has 6 rings (SSSR count). The predicted octanol–water partition coefficient (Wildman–Crippen LogP) is 4.14. The van der Waals surface area contributed by atoms with Crippen LogP contribution >= 0.6 is 0 Å². The second-order valence-electron chi connectivity index (χ2n) is 12.3. The van der Waals surface area contributed by atoms with Crippen LogP contribution in [0.3, 0.4) is 0 Å². The van der Waals surface area contributed by atoms with Crippen LogP contribution in [0.4, 0.5) is 10.2 Å². The highest BCUT2D eigenvalue weighted by Crippen LogP contribution is 2.49. The van der Waals surface area contributed by atoms with Gasteiger partial charge < -0.3 is 19.4 Å². The molecule has 1 spiro atoms. The molecular weight excluding hydrogens is 547 g/mol. The molecule has 1 aromatic heterocycles. The number of allylic oxidation sites excluding steroid dienone is 1. The lowest BCUT2D eigenvalue weighted by molar-refractivity contribution is -0.131. The number of hydrogen-bond acceptors (Lipinski definition) is 8. The summed E-state index contributed by atoms with van der Waals surface area (Å²) < 4.78 is 20.0. The monoisotopic (exact) mass is 584 g/mol. The first-order chi connectivity index (χ1) is 20.7. The van der Waals surface area contributed by atoms with Crippen molar-refractivity contribution in [1.82, 2.24) is 19.8 Å². The maximum Gasteiger partial charge on any atom is 0.319 e. The lowest BCUT2D eigenvalue weighted by Crippen LogP contribution is -2.56. The number of halogens is 1. The maximum atomic E-state index is 14.5.